The van der Waals surface area contributed by atoms with Gasteiger partial charge in [-0.2, -0.15) is 36.9 Å². The Kier molecular flexibility index (Phi) is 5.27. The van der Waals surface area contributed by atoms with Gasteiger partial charge >= 0.3 is 12.4 Å². The van der Waals surface area contributed by atoms with E-state index in [-0.39, 0.29) is 5.56 Å². The molecule has 0 aliphatic rings. The van der Waals surface area contributed by atoms with Gasteiger partial charge in [0.25, 0.3) is 0 Å². The van der Waals surface area contributed by atoms with Crippen molar-refractivity contribution in [2.45, 2.75) is 17.8 Å². The van der Waals surface area contributed by atoms with E-state index in [9.17, 15) is 26.3 Å². The summed E-state index contributed by atoms with van der Waals surface area (Å²) < 4.78 is 84.4. The van der Waals surface area contributed by atoms with Crippen molar-refractivity contribution in [3.05, 3.63) is 81.5 Å². The van der Waals surface area contributed by atoms with E-state index in [0.717, 1.165) is 0 Å². The lowest BCUT2D eigenvalue weighted by molar-refractivity contribution is -0.288. The fourth-order valence-corrected chi connectivity index (χ4v) is 2.89. The molecule has 4 nitrogen and oxygen atoms in total. The minimum atomic E-state index is -5.93. The topological polar surface area (TPSA) is 56.3 Å². The van der Waals surface area contributed by atoms with Crippen molar-refractivity contribution in [2.24, 2.45) is 0 Å². The number of hydrogen-bond acceptors (Lipinski definition) is 2. The standard InChI is InChI=1S/C19H6F6N4/c1-28-15-6-5-14(8-16(15)29-2)17(18(20,21)22,19(23,24)25)13-4-3-11(9-26)12(7-13)10-27/h3-8H. The van der Waals surface area contributed by atoms with Crippen molar-refractivity contribution in [1.82, 2.24) is 0 Å². The Labute approximate surface area is 160 Å². The van der Waals surface area contributed by atoms with Crippen molar-refractivity contribution in [1.29, 1.82) is 10.5 Å². The highest BCUT2D eigenvalue weighted by molar-refractivity contribution is 5.72. The van der Waals surface area contributed by atoms with Gasteiger partial charge < -0.3 is 0 Å². The van der Waals surface area contributed by atoms with Crippen LogP contribution in [-0.4, -0.2) is 12.4 Å². The van der Waals surface area contributed by atoms with Gasteiger partial charge in [0.2, 0.25) is 5.41 Å². The predicted molar refractivity (Wildman–Crippen MR) is 87.7 cm³/mol. The SMILES string of the molecule is [C-]#[N+]c1ccc(C(c2ccc(C#N)c(C#N)c2)(C(F)(F)F)C(F)(F)F)cc1[N+]#[C-]. The number of halogens is 6. The lowest BCUT2D eigenvalue weighted by Crippen LogP contribution is -2.54. The van der Waals surface area contributed by atoms with Gasteiger partial charge in [0.1, 0.15) is 12.1 Å². The number of hydrogen-bond donors (Lipinski definition) is 0. The molecule has 0 amide bonds. The van der Waals surface area contributed by atoms with E-state index >= 15 is 0 Å². The van der Waals surface area contributed by atoms with Crippen LogP contribution in [0.1, 0.15) is 22.3 Å². The third kappa shape index (κ3) is 3.22. The Bertz CT molecular complexity index is 1040. The molecule has 0 aliphatic heterocycles. The minimum absolute atomic E-state index is 0.361. The van der Waals surface area contributed by atoms with Crippen LogP contribution in [0.3, 0.4) is 0 Å². The summed E-state index contributed by atoms with van der Waals surface area (Å²) >= 11 is 0. The lowest BCUT2D eigenvalue weighted by Gasteiger charge is -2.38. The van der Waals surface area contributed by atoms with Gasteiger partial charge in [-0.15, -0.1) is 0 Å². The highest BCUT2D eigenvalue weighted by atomic mass is 19.4. The van der Waals surface area contributed by atoms with E-state index in [4.69, 9.17) is 23.7 Å². The Morgan fingerprint density at radius 1 is 0.690 bits per heavy atom. The quantitative estimate of drug-likeness (QED) is 0.459. The summed E-state index contributed by atoms with van der Waals surface area (Å²) in [6, 6.07) is 6.01. The van der Waals surface area contributed by atoms with Gasteiger partial charge in [-0.1, -0.05) is 24.3 Å². The van der Waals surface area contributed by atoms with Gasteiger partial charge in [-0.3, -0.25) is 9.69 Å². The summed E-state index contributed by atoms with van der Waals surface area (Å²) in [4.78, 5) is 5.75. The van der Waals surface area contributed by atoms with E-state index in [1.54, 1.807) is 0 Å². The van der Waals surface area contributed by atoms with E-state index in [0.29, 0.717) is 36.4 Å². The fourth-order valence-electron chi connectivity index (χ4n) is 2.89. The summed E-state index contributed by atoms with van der Waals surface area (Å²) in [7, 11) is 0. The first-order valence-electron chi connectivity index (χ1n) is 7.45. The smallest absolute Gasteiger partial charge is 0.250 e. The Hall–Kier alpha value is -4.02. The molecular weight excluding hydrogens is 398 g/mol. The summed E-state index contributed by atoms with van der Waals surface area (Å²) in [6.07, 6.45) is -11.9. The molecule has 0 fully saturated rings. The normalized spacial score (nSPS) is 11.7. The van der Waals surface area contributed by atoms with Crippen molar-refractivity contribution < 1.29 is 26.3 Å². The molecule has 2 rings (SSSR count). The first-order valence-corrected chi connectivity index (χ1v) is 7.45. The average Bonchev–Trinajstić information content (AvgIpc) is 2.65. The van der Waals surface area contributed by atoms with Crippen molar-refractivity contribution >= 4 is 11.4 Å². The van der Waals surface area contributed by atoms with Crippen molar-refractivity contribution in [3.8, 4) is 12.1 Å². The molecule has 0 bridgehead atoms. The largest absolute Gasteiger partial charge is 0.411 e. The molecule has 0 N–H and O–H groups in total. The van der Waals surface area contributed by atoms with Gasteiger partial charge in [-0.25, -0.2) is 0 Å². The number of benzene rings is 2. The molecule has 10 heteroatoms. The van der Waals surface area contributed by atoms with Crippen LogP contribution >= 0.6 is 0 Å². The second-order valence-corrected chi connectivity index (χ2v) is 5.66. The Morgan fingerprint density at radius 3 is 1.62 bits per heavy atom. The Balaban J connectivity index is 3.05. The van der Waals surface area contributed by atoms with E-state index in [1.807, 2.05) is 0 Å². The lowest BCUT2D eigenvalue weighted by atomic mass is 9.72. The van der Waals surface area contributed by atoms with E-state index in [1.165, 1.54) is 12.1 Å². The van der Waals surface area contributed by atoms with Gasteiger partial charge in [-0.05, 0) is 23.3 Å². The zero-order valence-corrected chi connectivity index (χ0v) is 14.0. The van der Waals surface area contributed by atoms with E-state index < -0.39 is 45.8 Å². The predicted octanol–water partition coefficient (Wildman–Crippen LogP) is 5.94. The molecule has 0 radical (unpaired) electrons. The van der Waals surface area contributed by atoms with Crippen LogP contribution in [0, 0.1) is 35.8 Å². The summed E-state index contributed by atoms with van der Waals surface area (Å²) in [5.41, 5.74) is -9.38. The fraction of sp³-hybridized carbons (Fsp3) is 0.158. The van der Waals surface area contributed by atoms with Gasteiger partial charge in [0.05, 0.1) is 24.3 Å². The Morgan fingerprint density at radius 2 is 1.17 bits per heavy atom. The molecule has 0 unspecified atom stereocenters. The maximum atomic E-state index is 14.1. The molecule has 144 valence electrons. The third-order valence-electron chi connectivity index (χ3n) is 4.19. The molecule has 0 saturated heterocycles. The molecule has 2 aromatic rings. The number of rotatable bonds is 2. The highest BCUT2D eigenvalue weighted by Gasteiger charge is 2.72. The van der Waals surface area contributed by atoms with Gasteiger partial charge in [0.15, 0.2) is 11.4 Å². The third-order valence-corrected chi connectivity index (χ3v) is 4.19. The molecular formula is C19H6F6N4. The second kappa shape index (κ2) is 7.19. The zero-order chi connectivity index (χ0) is 22.0. The summed E-state index contributed by atoms with van der Waals surface area (Å²) in [6.45, 7) is 13.9. The van der Waals surface area contributed by atoms with Crippen molar-refractivity contribution in [2.75, 3.05) is 0 Å². The number of nitriles is 2. The average molecular weight is 404 g/mol. The van der Waals surface area contributed by atoms with E-state index in [2.05, 4.69) is 9.69 Å². The monoisotopic (exact) mass is 404 g/mol. The first kappa shape index (κ1) is 21.3. The maximum absolute atomic E-state index is 14.1. The molecule has 0 atom stereocenters. The van der Waals surface area contributed by atoms with Crippen LogP contribution in [-0.2, 0) is 5.41 Å². The molecule has 2 aromatic carbocycles. The summed E-state index contributed by atoms with van der Waals surface area (Å²) in [5, 5.41) is 17.9. The van der Waals surface area contributed by atoms with Crippen molar-refractivity contribution in [3.63, 3.8) is 0 Å². The molecule has 0 aliphatic carbocycles. The molecule has 0 heterocycles. The summed E-state index contributed by atoms with van der Waals surface area (Å²) in [5.74, 6) is 0. The molecule has 0 spiro atoms. The first-order chi connectivity index (χ1) is 13.5. The van der Waals surface area contributed by atoms with Crippen LogP contribution in [0.2, 0.25) is 0 Å². The van der Waals surface area contributed by atoms with Gasteiger partial charge in [0, 0.05) is 0 Å². The molecule has 0 aromatic heterocycles. The second-order valence-electron chi connectivity index (χ2n) is 5.66. The van der Waals surface area contributed by atoms with Crippen LogP contribution in [0.5, 0.6) is 0 Å². The van der Waals surface area contributed by atoms with Crippen LogP contribution in [0.15, 0.2) is 36.4 Å². The zero-order valence-electron chi connectivity index (χ0n) is 14.0. The van der Waals surface area contributed by atoms with Crippen LogP contribution in [0.25, 0.3) is 9.69 Å². The van der Waals surface area contributed by atoms with Crippen LogP contribution < -0.4 is 0 Å². The number of alkyl halides is 6. The maximum Gasteiger partial charge on any atom is 0.411 e. The highest BCUT2D eigenvalue weighted by Crippen LogP contribution is 2.57. The minimum Gasteiger partial charge on any atom is -0.250 e. The molecule has 0 saturated carbocycles. The molecule has 29 heavy (non-hydrogen) atoms. The number of nitrogens with zero attached hydrogens (tertiary/aromatic N) is 4. The van der Waals surface area contributed by atoms with Crippen LogP contribution in [0.4, 0.5) is 37.7 Å².